The van der Waals surface area contributed by atoms with E-state index in [9.17, 15) is 4.79 Å². The van der Waals surface area contributed by atoms with E-state index < -0.39 is 0 Å². The van der Waals surface area contributed by atoms with Gasteiger partial charge in [0.1, 0.15) is 5.78 Å². The third-order valence-electron chi connectivity index (χ3n) is 1.81. The fourth-order valence-corrected chi connectivity index (χ4v) is 1.17. The summed E-state index contributed by atoms with van der Waals surface area (Å²) in [5.41, 5.74) is 6.16. The van der Waals surface area contributed by atoms with Crippen molar-refractivity contribution in [2.45, 2.75) is 39.5 Å². The van der Waals surface area contributed by atoms with Gasteiger partial charge in [-0.1, -0.05) is 6.42 Å². The second-order valence-electron chi connectivity index (χ2n) is 3.62. The molecule has 0 aromatic rings. The van der Waals surface area contributed by atoms with Gasteiger partial charge in [-0.2, -0.15) is 0 Å². The number of allylic oxidation sites excluding steroid dienone is 1. The summed E-state index contributed by atoms with van der Waals surface area (Å²) >= 11 is 0. The Morgan fingerprint density at radius 2 is 1.93 bits per heavy atom. The number of rotatable bonds is 7. The van der Waals surface area contributed by atoms with Crippen LogP contribution in [0.4, 0.5) is 0 Å². The molecular weight excluding hydrogens is 178 g/mol. The lowest BCUT2D eigenvalue weighted by Gasteiger charge is -2.13. The standard InChI is InChI=1S/C10H21N3O/c1-9(11)8-13(12)7-5-3-4-6-10(2)14/h8H,3-7,11-12H2,1-2H3/b9-8-. The Bertz CT molecular complexity index is 198. The van der Waals surface area contributed by atoms with Crippen molar-refractivity contribution in [1.82, 2.24) is 5.01 Å². The molecule has 0 aromatic carbocycles. The molecule has 0 aliphatic rings. The van der Waals surface area contributed by atoms with Crippen molar-refractivity contribution < 1.29 is 4.79 Å². The Labute approximate surface area is 85.9 Å². The fraction of sp³-hybridized carbons (Fsp3) is 0.700. The Hall–Kier alpha value is -1.03. The Morgan fingerprint density at radius 3 is 2.43 bits per heavy atom. The van der Waals surface area contributed by atoms with Gasteiger partial charge in [0.15, 0.2) is 0 Å². The average Bonchev–Trinajstić information content (AvgIpc) is 2.01. The highest BCUT2D eigenvalue weighted by Gasteiger charge is 1.96. The molecule has 4 heteroatoms. The van der Waals surface area contributed by atoms with E-state index in [4.69, 9.17) is 11.6 Å². The summed E-state index contributed by atoms with van der Waals surface area (Å²) in [6.45, 7) is 4.21. The molecule has 0 aliphatic heterocycles. The van der Waals surface area contributed by atoms with Crippen LogP contribution in [-0.4, -0.2) is 17.3 Å². The highest BCUT2D eigenvalue weighted by Crippen LogP contribution is 2.01. The van der Waals surface area contributed by atoms with Gasteiger partial charge < -0.3 is 15.5 Å². The zero-order valence-corrected chi connectivity index (χ0v) is 9.12. The predicted molar refractivity (Wildman–Crippen MR) is 58.0 cm³/mol. The molecule has 0 aliphatic carbocycles. The lowest BCUT2D eigenvalue weighted by Crippen LogP contribution is -2.27. The number of carbonyl (C=O) groups is 1. The molecule has 0 spiro atoms. The smallest absolute Gasteiger partial charge is 0.129 e. The van der Waals surface area contributed by atoms with Crippen molar-refractivity contribution in [3.8, 4) is 0 Å². The molecule has 82 valence electrons. The van der Waals surface area contributed by atoms with Crippen LogP contribution < -0.4 is 11.6 Å². The number of nitrogens with zero attached hydrogens (tertiary/aromatic N) is 1. The maximum atomic E-state index is 10.6. The van der Waals surface area contributed by atoms with E-state index in [2.05, 4.69) is 0 Å². The number of hydrogen-bond acceptors (Lipinski definition) is 4. The van der Waals surface area contributed by atoms with Crippen molar-refractivity contribution in [3.63, 3.8) is 0 Å². The zero-order chi connectivity index (χ0) is 11.0. The van der Waals surface area contributed by atoms with Crippen molar-refractivity contribution in [1.29, 1.82) is 0 Å². The quantitative estimate of drug-likeness (QED) is 0.366. The topological polar surface area (TPSA) is 72.3 Å². The van der Waals surface area contributed by atoms with Gasteiger partial charge in [-0.15, -0.1) is 0 Å². The van der Waals surface area contributed by atoms with Crippen LogP contribution in [0.5, 0.6) is 0 Å². The minimum atomic E-state index is 0.257. The molecule has 14 heavy (non-hydrogen) atoms. The zero-order valence-electron chi connectivity index (χ0n) is 9.12. The van der Waals surface area contributed by atoms with E-state index in [-0.39, 0.29) is 5.78 Å². The van der Waals surface area contributed by atoms with Gasteiger partial charge in [-0.25, -0.2) is 5.84 Å². The lowest BCUT2D eigenvalue weighted by molar-refractivity contribution is -0.117. The molecule has 0 rings (SSSR count). The Kier molecular flexibility index (Phi) is 6.84. The molecular formula is C10H21N3O. The highest BCUT2D eigenvalue weighted by atomic mass is 16.1. The summed E-state index contributed by atoms with van der Waals surface area (Å²) in [6.07, 6.45) is 5.37. The number of ketones is 1. The molecule has 0 heterocycles. The first-order valence-electron chi connectivity index (χ1n) is 4.97. The molecule has 0 saturated heterocycles. The molecule has 0 bridgehead atoms. The van der Waals surface area contributed by atoms with Crippen LogP contribution in [0.2, 0.25) is 0 Å². The lowest BCUT2D eigenvalue weighted by atomic mass is 10.1. The van der Waals surface area contributed by atoms with E-state index in [0.29, 0.717) is 12.1 Å². The minimum Gasteiger partial charge on any atom is -0.401 e. The van der Waals surface area contributed by atoms with Gasteiger partial charge in [0, 0.05) is 24.9 Å². The van der Waals surface area contributed by atoms with Crippen molar-refractivity contribution in [3.05, 3.63) is 11.9 Å². The molecule has 0 atom stereocenters. The molecule has 4 N–H and O–H groups in total. The fourth-order valence-electron chi connectivity index (χ4n) is 1.17. The molecule has 0 unspecified atom stereocenters. The van der Waals surface area contributed by atoms with Gasteiger partial charge in [-0.3, -0.25) is 0 Å². The van der Waals surface area contributed by atoms with Crippen LogP contribution in [0.25, 0.3) is 0 Å². The van der Waals surface area contributed by atoms with Gasteiger partial charge in [-0.05, 0) is 26.7 Å². The summed E-state index contributed by atoms with van der Waals surface area (Å²) in [5, 5.41) is 1.59. The van der Waals surface area contributed by atoms with Gasteiger partial charge in [0.25, 0.3) is 0 Å². The number of hydrazine groups is 1. The maximum Gasteiger partial charge on any atom is 0.129 e. The summed E-state index contributed by atoms with van der Waals surface area (Å²) in [7, 11) is 0. The van der Waals surface area contributed by atoms with Crippen LogP contribution in [0.15, 0.2) is 11.9 Å². The van der Waals surface area contributed by atoms with Crippen LogP contribution in [-0.2, 0) is 4.79 Å². The SMILES string of the molecule is CC(=O)CCCCCN(N)/C=C(/C)N. The third kappa shape index (κ3) is 9.06. The van der Waals surface area contributed by atoms with Crippen molar-refractivity contribution in [2.24, 2.45) is 11.6 Å². The second kappa shape index (κ2) is 7.38. The summed E-state index contributed by atoms with van der Waals surface area (Å²) in [6, 6.07) is 0. The highest BCUT2D eigenvalue weighted by molar-refractivity contribution is 5.75. The second-order valence-corrected chi connectivity index (χ2v) is 3.62. The monoisotopic (exact) mass is 199 g/mol. The van der Waals surface area contributed by atoms with E-state index in [0.717, 1.165) is 25.8 Å². The number of unbranched alkanes of at least 4 members (excludes halogenated alkanes) is 2. The molecule has 0 saturated carbocycles. The van der Waals surface area contributed by atoms with Crippen LogP contribution in [0.1, 0.15) is 39.5 Å². The predicted octanol–water partition coefficient (Wildman–Crippen LogP) is 1.13. The maximum absolute atomic E-state index is 10.6. The largest absolute Gasteiger partial charge is 0.401 e. The first-order chi connectivity index (χ1) is 6.52. The Balaban J connectivity index is 3.36. The van der Waals surface area contributed by atoms with Gasteiger partial charge in [0.2, 0.25) is 0 Å². The summed E-state index contributed by atoms with van der Waals surface area (Å²) < 4.78 is 0. The van der Waals surface area contributed by atoms with E-state index in [1.165, 1.54) is 0 Å². The molecule has 0 aromatic heterocycles. The molecule has 0 radical (unpaired) electrons. The third-order valence-corrected chi connectivity index (χ3v) is 1.81. The van der Waals surface area contributed by atoms with Gasteiger partial charge in [0.05, 0.1) is 0 Å². The number of carbonyl (C=O) groups excluding carboxylic acids is 1. The van der Waals surface area contributed by atoms with Crippen LogP contribution in [0.3, 0.4) is 0 Å². The minimum absolute atomic E-state index is 0.257. The normalized spacial score (nSPS) is 11.5. The van der Waals surface area contributed by atoms with E-state index in [1.54, 1.807) is 25.1 Å². The van der Waals surface area contributed by atoms with Gasteiger partial charge >= 0.3 is 0 Å². The molecule has 0 fully saturated rings. The Morgan fingerprint density at radius 1 is 1.29 bits per heavy atom. The summed E-state index contributed by atoms with van der Waals surface area (Å²) in [4.78, 5) is 10.6. The number of Topliss-reactive ketones (excluding diaryl/α,β-unsaturated/α-hetero) is 1. The summed E-state index contributed by atoms with van der Waals surface area (Å²) in [5.74, 6) is 5.88. The number of nitrogens with two attached hydrogens (primary N) is 2. The number of hydrogen-bond donors (Lipinski definition) is 2. The average molecular weight is 199 g/mol. The van der Waals surface area contributed by atoms with E-state index in [1.807, 2.05) is 0 Å². The van der Waals surface area contributed by atoms with Crippen LogP contribution >= 0.6 is 0 Å². The molecule has 4 nitrogen and oxygen atoms in total. The van der Waals surface area contributed by atoms with Crippen LogP contribution in [0, 0.1) is 0 Å². The van der Waals surface area contributed by atoms with Crippen molar-refractivity contribution >= 4 is 5.78 Å². The van der Waals surface area contributed by atoms with E-state index >= 15 is 0 Å². The molecule has 0 amide bonds. The first kappa shape index (κ1) is 13.0. The first-order valence-corrected chi connectivity index (χ1v) is 4.97. The van der Waals surface area contributed by atoms with Crippen molar-refractivity contribution in [2.75, 3.05) is 6.54 Å².